The van der Waals surface area contributed by atoms with E-state index in [0.717, 1.165) is 12.2 Å². The summed E-state index contributed by atoms with van der Waals surface area (Å²) in [6.07, 6.45) is 1.31. The lowest BCUT2D eigenvalue weighted by Crippen LogP contribution is -2.52. The van der Waals surface area contributed by atoms with Crippen LogP contribution in [0.1, 0.15) is 12.8 Å². The lowest BCUT2D eigenvalue weighted by Gasteiger charge is -2.21. The monoisotopic (exact) mass is 402 g/mol. The van der Waals surface area contributed by atoms with E-state index in [1.165, 1.54) is 0 Å². The molecule has 5 N–H and O–H groups in total. The molecule has 1 aliphatic rings. The first kappa shape index (κ1) is 22.1. The van der Waals surface area contributed by atoms with Crippen molar-refractivity contribution in [2.75, 3.05) is 12.3 Å². The van der Waals surface area contributed by atoms with E-state index in [2.05, 4.69) is 28.7 Å². The number of nitrogens with one attached hydrogen (secondary N) is 3. The minimum absolute atomic E-state index is 0.111. The molecular formula is C14H18N4O8S. The van der Waals surface area contributed by atoms with Crippen LogP contribution in [0.4, 0.5) is 0 Å². The molecule has 2 unspecified atom stereocenters. The first-order valence-electron chi connectivity index (χ1n) is 7.60. The van der Waals surface area contributed by atoms with Gasteiger partial charge in [0.1, 0.15) is 18.6 Å². The lowest BCUT2D eigenvalue weighted by atomic mass is 10.1. The number of rotatable bonds is 11. The van der Waals surface area contributed by atoms with Crippen molar-refractivity contribution in [3.63, 3.8) is 0 Å². The first-order chi connectivity index (χ1) is 12.6. The fourth-order valence-electron chi connectivity index (χ4n) is 1.95. The Labute approximate surface area is 158 Å². The molecule has 13 heteroatoms. The fraction of sp³-hybridized carbons (Fsp3) is 0.429. The number of aliphatic carboxylic acids is 2. The summed E-state index contributed by atoms with van der Waals surface area (Å²) in [5.74, 6) is -5.68. The zero-order valence-electron chi connectivity index (χ0n) is 13.9. The molecule has 0 saturated heterocycles. The fourth-order valence-corrected chi connectivity index (χ4v) is 2.21. The predicted octanol–water partition coefficient (Wildman–Crippen LogP) is -2.74. The maximum Gasteiger partial charge on any atom is 0.322 e. The topological polar surface area (TPSA) is 182 Å². The van der Waals surface area contributed by atoms with Crippen LogP contribution in [-0.2, 0) is 28.8 Å². The SMILES string of the molecule is O=C(O)CNC(=O)C(CS)NC(=O)CCC(NN1C(=O)C=CC1=O)C(=O)O. The van der Waals surface area contributed by atoms with Crippen molar-refractivity contribution in [1.29, 1.82) is 0 Å². The number of carboxylic acids is 2. The number of hydrogen-bond donors (Lipinski definition) is 6. The second-order valence-electron chi connectivity index (χ2n) is 5.32. The minimum atomic E-state index is -1.40. The van der Waals surface area contributed by atoms with Gasteiger partial charge in [-0.1, -0.05) is 0 Å². The van der Waals surface area contributed by atoms with Crippen molar-refractivity contribution < 1.29 is 39.0 Å². The van der Waals surface area contributed by atoms with Gasteiger partial charge in [0.2, 0.25) is 11.8 Å². The van der Waals surface area contributed by atoms with Gasteiger partial charge in [-0.05, 0) is 6.42 Å². The Balaban J connectivity index is 2.54. The molecule has 27 heavy (non-hydrogen) atoms. The third-order valence-corrected chi connectivity index (χ3v) is 3.67. The molecule has 0 saturated carbocycles. The molecule has 0 spiro atoms. The van der Waals surface area contributed by atoms with Crippen LogP contribution in [0.25, 0.3) is 0 Å². The van der Waals surface area contributed by atoms with Crippen molar-refractivity contribution in [2.24, 2.45) is 0 Å². The number of carbonyl (C=O) groups is 6. The summed E-state index contributed by atoms with van der Waals surface area (Å²) in [5.41, 5.74) is 2.23. The molecule has 1 rings (SSSR count). The zero-order valence-corrected chi connectivity index (χ0v) is 14.8. The predicted molar refractivity (Wildman–Crippen MR) is 91.2 cm³/mol. The Bertz CT molecular complexity index is 662. The van der Waals surface area contributed by atoms with Gasteiger partial charge in [-0.25, -0.2) is 10.4 Å². The number of hydrazine groups is 1. The van der Waals surface area contributed by atoms with Crippen molar-refractivity contribution >= 4 is 48.2 Å². The Morgan fingerprint density at radius 2 is 1.67 bits per heavy atom. The van der Waals surface area contributed by atoms with E-state index in [1.54, 1.807) is 0 Å². The highest BCUT2D eigenvalue weighted by Gasteiger charge is 2.30. The number of imide groups is 1. The van der Waals surface area contributed by atoms with E-state index in [0.29, 0.717) is 5.01 Å². The largest absolute Gasteiger partial charge is 0.480 e. The number of hydrogen-bond acceptors (Lipinski definition) is 8. The van der Waals surface area contributed by atoms with Gasteiger partial charge >= 0.3 is 11.9 Å². The van der Waals surface area contributed by atoms with Crippen molar-refractivity contribution in [2.45, 2.75) is 24.9 Å². The number of amides is 4. The molecule has 148 valence electrons. The maximum absolute atomic E-state index is 11.9. The third kappa shape index (κ3) is 7.07. The molecule has 0 bridgehead atoms. The van der Waals surface area contributed by atoms with Gasteiger partial charge in [-0.2, -0.15) is 12.6 Å². The molecule has 2 atom stereocenters. The summed E-state index contributed by atoms with van der Waals surface area (Å²) >= 11 is 3.89. The summed E-state index contributed by atoms with van der Waals surface area (Å²) < 4.78 is 0. The quantitative estimate of drug-likeness (QED) is 0.158. The van der Waals surface area contributed by atoms with Crippen LogP contribution < -0.4 is 16.1 Å². The molecule has 4 amide bonds. The summed E-state index contributed by atoms with van der Waals surface area (Å²) in [4.78, 5) is 68.2. The van der Waals surface area contributed by atoms with Crippen molar-refractivity contribution in [3.05, 3.63) is 12.2 Å². The normalized spacial score (nSPS) is 15.4. The molecule has 0 radical (unpaired) electrons. The molecule has 1 aliphatic heterocycles. The third-order valence-electron chi connectivity index (χ3n) is 3.30. The van der Waals surface area contributed by atoms with Gasteiger partial charge in [-0.15, -0.1) is 0 Å². The highest BCUT2D eigenvalue weighted by Crippen LogP contribution is 2.05. The average molecular weight is 402 g/mol. The second-order valence-corrected chi connectivity index (χ2v) is 5.68. The highest BCUT2D eigenvalue weighted by molar-refractivity contribution is 7.80. The molecule has 1 heterocycles. The van der Waals surface area contributed by atoms with Crippen LogP contribution in [0.5, 0.6) is 0 Å². The Kier molecular flexibility index (Phi) is 8.41. The summed E-state index contributed by atoms with van der Waals surface area (Å²) in [6.45, 7) is -0.629. The Hall–Kier alpha value is -2.93. The molecule has 0 aromatic heterocycles. The van der Waals surface area contributed by atoms with E-state index >= 15 is 0 Å². The van der Waals surface area contributed by atoms with Crippen molar-refractivity contribution in [1.82, 2.24) is 21.1 Å². The number of thiol groups is 1. The summed E-state index contributed by atoms with van der Waals surface area (Å²) in [7, 11) is 0. The van der Waals surface area contributed by atoms with Gasteiger partial charge in [0.25, 0.3) is 11.8 Å². The van der Waals surface area contributed by atoms with E-state index in [9.17, 15) is 28.8 Å². The van der Waals surface area contributed by atoms with Crippen LogP contribution >= 0.6 is 12.6 Å². The number of carboxylic acid groups (broad SMARTS) is 2. The number of nitrogens with zero attached hydrogens (tertiary/aromatic N) is 1. The van der Waals surface area contributed by atoms with E-state index in [-0.39, 0.29) is 18.6 Å². The number of carbonyl (C=O) groups excluding carboxylic acids is 4. The molecule has 0 aliphatic carbocycles. The summed E-state index contributed by atoms with van der Waals surface area (Å²) in [6, 6.07) is -2.51. The molecule has 0 fully saturated rings. The van der Waals surface area contributed by atoms with Crippen LogP contribution in [0.2, 0.25) is 0 Å². The van der Waals surface area contributed by atoms with E-state index < -0.39 is 54.2 Å². The standard InChI is InChI=1S/C14H18N4O8S/c19-9(16-8(6-27)13(24)15-5-12(22)23)2-1-7(14(25)26)17-18-10(20)3-4-11(18)21/h3-4,7-8,17,27H,1-2,5-6H2,(H,15,24)(H,16,19)(H,22,23)(H,25,26). The maximum atomic E-state index is 11.9. The van der Waals surface area contributed by atoms with Crippen LogP contribution in [0.3, 0.4) is 0 Å². The second kappa shape index (κ2) is 10.3. The lowest BCUT2D eigenvalue weighted by molar-refractivity contribution is -0.147. The zero-order chi connectivity index (χ0) is 20.6. The van der Waals surface area contributed by atoms with Gasteiger partial charge in [-0.3, -0.25) is 28.8 Å². The Morgan fingerprint density at radius 3 is 2.15 bits per heavy atom. The van der Waals surface area contributed by atoms with Gasteiger partial charge < -0.3 is 20.8 Å². The van der Waals surface area contributed by atoms with Gasteiger partial charge in [0, 0.05) is 24.3 Å². The average Bonchev–Trinajstić information content (AvgIpc) is 2.92. The van der Waals surface area contributed by atoms with Crippen molar-refractivity contribution in [3.8, 4) is 0 Å². The highest BCUT2D eigenvalue weighted by atomic mass is 32.1. The van der Waals surface area contributed by atoms with Gasteiger partial charge in [0.05, 0.1) is 0 Å². The molecule has 12 nitrogen and oxygen atoms in total. The molecular weight excluding hydrogens is 384 g/mol. The Morgan fingerprint density at radius 1 is 1.07 bits per heavy atom. The van der Waals surface area contributed by atoms with Gasteiger partial charge in [0.15, 0.2) is 0 Å². The van der Waals surface area contributed by atoms with E-state index in [1.807, 2.05) is 0 Å². The minimum Gasteiger partial charge on any atom is -0.480 e. The van der Waals surface area contributed by atoms with Crippen LogP contribution in [0, 0.1) is 0 Å². The van der Waals surface area contributed by atoms with Crippen LogP contribution in [-0.4, -0.2) is 75.2 Å². The summed E-state index contributed by atoms with van der Waals surface area (Å²) in [5, 5.41) is 22.6. The molecule has 0 aromatic carbocycles. The van der Waals surface area contributed by atoms with E-state index in [4.69, 9.17) is 10.2 Å². The molecule has 0 aromatic rings. The van der Waals surface area contributed by atoms with Crippen LogP contribution in [0.15, 0.2) is 12.2 Å². The smallest absolute Gasteiger partial charge is 0.322 e. The first-order valence-corrected chi connectivity index (χ1v) is 8.23.